The largest absolute Gasteiger partial charge is 0.332 e. The average Bonchev–Trinajstić information content (AvgIpc) is 2.30. The third-order valence-electron chi connectivity index (χ3n) is 2.22. The van der Waals surface area contributed by atoms with Crippen molar-refractivity contribution in [2.75, 3.05) is 10.6 Å². The molecular formula is C13H9BrF2N2S. The van der Waals surface area contributed by atoms with E-state index in [-0.39, 0.29) is 10.8 Å². The molecule has 2 nitrogen and oxygen atoms in total. The maximum Gasteiger partial charge on any atom is 0.175 e. The molecule has 0 unspecified atom stereocenters. The van der Waals surface area contributed by atoms with Crippen molar-refractivity contribution in [1.29, 1.82) is 0 Å². The van der Waals surface area contributed by atoms with Gasteiger partial charge in [0.05, 0.1) is 0 Å². The van der Waals surface area contributed by atoms with Crippen molar-refractivity contribution in [1.82, 2.24) is 0 Å². The van der Waals surface area contributed by atoms with Crippen LogP contribution in [0.15, 0.2) is 46.9 Å². The van der Waals surface area contributed by atoms with Gasteiger partial charge in [0.15, 0.2) is 5.11 Å². The average molecular weight is 343 g/mol. The van der Waals surface area contributed by atoms with Gasteiger partial charge in [-0.15, -0.1) is 0 Å². The van der Waals surface area contributed by atoms with Crippen LogP contribution < -0.4 is 10.6 Å². The van der Waals surface area contributed by atoms with E-state index in [1.165, 1.54) is 12.1 Å². The second-order valence-corrected chi connectivity index (χ2v) is 5.07. The Balaban J connectivity index is 2.03. The first-order chi connectivity index (χ1) is 9.02. The highest BCUT2D eigenvalue weighted by Gasteiger charge is 2.03. The molecule has 0 fully saturated rings. The molecule has 0 bridgehead atoms. The third kappa shape index (κ3) is 4.25. The fourth-order valence-corrected chi connectivity index (χ4v) is 1.95. The molecule has 98 valence electrons. The quantitative estimate of drug-likeness (QED) is 0.783. The van der Waals surface area contributed by atoms with Crippen molar-refractivity contribution in [2.24, 2.45) is 0 Å². The maximum absolute atomic E-state index is 13.0. The van der Waals surface area contributed by atoms with Gasteiger partial charge in [0.2, 0.25) is 0 Å². The van der Waals surface area contributed by atoms with Crippen molar-refractivity contribution in [2.45, 2.75) is 0 Å². The highest BCUT2D eigenvalue weighted by atomic mass is 79.9. The molecule has 0 aliphatic heterocycles. The van der Waals surface area contributed by atoms with E-state index in [4.69, 9.17) is 12.2 Å². The fraction of sp³-hybridized carbons (Fsp3) is 0. The monoisotopic (exact) mass is 342 g/mol. The summed E-state index contributed by atoms with van der Waals surface area (Å²) >= 11 is 8.38. The zero-order chi connectivity index (χ0) is 13.8. The normalized spacial score (nSPS) is 10.1. The predicted molar refractivity (Wildman–Crippen MR) is 80.3 cm³/mol. The van der Waals surface area contributed by atoms with Crippen LogP contribution in [0.3, 0.4) is 0 Å². The Morgan fingerprint density at radius 1 is 0.895 bits per heavy atom. The van der Waals surface area contributed by atoms with Crippen molar-refractivity contribution in [3.05, 3.63) is 58.6 Å². The van der Waals surface area contributed by atoms with Crippen LogP contribution >= 0.6 is 28.1 Å². The molecule has 2 rings (SSSR count). The number of hydrogen-bond donors (Lipinski definition) is 2. The van der Waals surface area contributed by atoms with Gasteiger partial charge in [-0.3, -0.25) is 0 Å². The minimum Gasteiger partial charge on any atom is -0.332 e. The molecule has 0 saturated carbocycles. The number of thiocarbonyl (C=S) groups is 1. The van der Waals surface area contributed by atoms with E-state index in [0.717, 1.165) is 16.2 Å². The zero-order valence-corrected chi connectivity index (χ0v) is 12.0. The topological polar surface area (TPSA) is 24.1 Å². The van der Waals surface area contributed by atoms with E-state index in [2.05, 4.69) is 26.6 Å². The zero-order valence-electron chi connectivity index (χ0n) is 9.58. The van der Waals surface area contributed by atoms with Crippen LogP contribution in [0.25, 0.3) is 0 Å². The van der Waals surface area contributed by atoms with Crippen LogP contribution in [0.1, 0.15) is 0 Å². The first-order valence-electron chi connectivity index (χ1n) is 5.32. The van der Waals surface area contributed by atoms with E-state index in [1.54, 1.807) is 0 Å². The summed E-state index contributed by atoms with van der Waals surface area (Å²) in [6.07, 6.45) is 0. The first kappa shape index (κ1) is 13.9. The molecule has 2 aromatic carbocycles. The number of hydrogen-bond acceptors (Lipinski definition) is 1. The molecule has 0 aliphatic carbocycles. The summed E-state index contributed by atoms with van der Waals surface area (Å²) in [5, 5.41) is 5.88. The number of rotatable bonds is 2. The minimum atomic E-state index is -0.658. The van der Waals surface area contributed by atoms with Crippen LogP contribution in [0.5, 0.6) is 0 Å². The molecule has 0 heterocycles. The van der Waals surface area contributed by atoms with Gasteiger partial charge in [-0.2, -0.15) is 0 Å². The lowest BCUT2D eigenvalue weighted by Gasteiger charge is -2.10. The number of nitrogens with one attached hydrogen (secondary N) is 2. The molecule has 0 spiro atoms. The highest BCUT2D eigenvalue weighted by molar-refractivity contribution is 9.10. The Labute approximate surface area is 123 Å². The lowest BCUT2D eigenvalue weighted by atomic mass is 10.3. The van der Waals surface area contributed by atoms with Crippen LogP contribution in [-0.2, 0) is 0 Å². The van der Waals surface area contributed by atoms with Crippen molar-refractivity contribution < 1.29 is 8.78 Å². The molecule has 0 atom stereocenters. The van der Waals surface area contributed by atoms with Crippen LogP contribution in [0, 0.1) is 11.6 Å². The van der Waals surface area contributed by atoms with Crippen LogP contribution in [-0.4, -0.2) is 5.11 Å². The smallest absolute Gasteiger partial charge is 0.175 e. The SMILES string of the molecule is Fc1cc(F)cc(NC(=S)Nc2ccc(Br)cc2)c1. The lowest BCUT2D eigenvalue weighted by Crippen LogP contribution is -2.19. The molecule has 19 heavy (non-hydrogen) atoms. The summed E-state index contributed by atoms with van der Waals surface area (Å²) in [4.78, 5) is 0. The molecule has 2 N–H and O–H groups in total. The van der Waals surface area contributed by atoms with Gasteiger partial charge in [-0.1, -0.05) is 15.9 Å². The molecule has 0 aliphatic rings. The molecular weight excluding hydrogens is 334 g/mol. The standard InChI is InChI=1S/C13H9BrF2N2S/c14-8-1-3-11(4-2-8)17-13(19)18-12-6-9(15)5-10(16)7-12/h1-7H,(H2,17,18,19). The van der Waals surface area contributed by atoms with Gasteiger partial charge in [0.25, 0.3) is 0 Å². The second-order valence-electron chi connectivity index (χ2n) is 3.74. The Hall–Kier alpha value is -1.53. The molecule has 6 heteroatoms. The van der Waals surface area contributed by atoms with Gasteiger partial charge in [0.1, 0.15) is 11.6 Å². The predicted octanol–water partition coefficient (Wildman–Crippen LogP) is 4.54. The minimum absolute atomic E-state index is 0.257. The van der Waals surface area contributed by atoms with Gasteiger partial charge in [0, 0.05) is 21.9 Å². The van der Waals surface area contributed by atoms with E-state index < -0.39 is 11.6 Å². The molecule has 0 aromatic heterocycles. The van der Waals surface area contributed by atoms with Crippen molar-refractivity contribution >= 4 is 44.6 Å². The van der Waals surface area contributed by atoms with E-state index in [9.17, 15) is 8.78 Å². The third-order valence-corrected chi connectivity index (χ3v) is 2.96. The molecule has 2 aromatic rings. The summed E-state index contributed by atoms with van der Waals surface area (Å²) in [5.74, 6) is -1.32. The second kappa shape index (κ2) is 6.08. The number of halogens is 3. The summed E-state index contributed by atoms with van der Waals surface area (Å²) in [6.45, 7) is 0. The van der Waals surface area contributed by atoms with E-state index in [0.29, 0.717) is 0 Å². The van der Waals surface area contributed by atoms with Crippen molar-refractivity contribution in [3.63, 3.8) is 0 Å². The Morgan fingerprint density at radius 2 is 1.42 bits per heavy atom. The Morgan fingerprint density at radius 3 is 2.00 bits per heavy atom. The van der Waals surface area contributed by atoms with Crippen LogP contribution in [0.4, 0.5) is 20.2 Å². The van der Waals surface area contributed by atoms with E-state index in [1.807, 2.05) is 24.3 Å². The summed E-state index contributed by atoms with van der Waals surface area (Å²) < 4.78 is 26.9. The van der Waals surface area contributed by atoms with Gasteiger partial charge < -0.3 is 10.6 Å². The number of benzene rings is 2. The van der Waals surface area contributed by atoms with E-state index >= 15 is 0 Å². The van der Waals surface area contributed by atoms with Gasteiger partial charge >= 0.3 is 0 Å². The Bertz CT molecular complexity index is 582. The Kier molecular flexibility index (Phi) is 4.44. The highest BCUT2D eigenvalue weighted by Crippen LogP contribution is 2.16. The van der Waals surface area contributed by atoms with Gasteiger partial charge in [-0.05, 0) is 48.6 Å². The number of anilines is 2. The molecule has 0 saturated heterocycles. The first-order valence-corrected chi connectivity index (χ1v) is 6.53. The van der Waals surface area contributed by atoms with Crippen LogP contribution in [0.2, 0.25) is 0 Å². The molecule has 0 radical (unpaired) electrons. The van der Waals surface area contributed by atoms with Crippen molar-refractivity contribution in [3.8, 4) is 0 Å². The molecule has 0 amide bonds. The lowest BCUT2D eigenvalue weighted by molar-refractivity contribution is 0.584. The fourth-order valence-electron chi connectivity index (χ4n) is 1.45. The van der Waals surface area contributed by atoms with Gasteiger partial charge in [-0.25, -0.2) is 8.78 Å². The summed E-state index contributed by atoms with van der Waals surface area (Å²) in [6, 6.07) is 10.5. The summed E-state index contributed by atoms with van der Waals surface area (Å²) in [5.41, 5.74) is 1.03. The summed E-state index contributed by atoms with van der Waals surface area (Å²) in [7, 11) is 0. The maximum atomic E-state index is 13.0.